The summed E-state index contributed by atoms with van der Waals surface area (Å²) in [5.74, 6) is 5.99. The lowest BCUT2D eigenvalue weighted by Crippen LogP contribution is -2.28. The lowest BCUT2D eigenvalue weighted by Gasteiger charge is -2.02. The van der Waals surface area contributed by atoms with Gasteiger partial charge in [-0.2, -0.15) is 0 Å². The van der Waals surface area contributed by atoms with E-state index < -0.39 is 0 Å². The van der Waals surface area contributed by atoms with Crippen LogP contribution in [0.25, 0.3) is 0 Å². The van der Waals surface area contributed by atoms with E-state index in [2.05, 4.69) is 17.2 Å². The van der Waals surface area contributed by atoms with Gasteiger partial charge in [-0.15, -0.1) is 0 Å². The molecular weight excluding hydrogens is 194 g/mol. The van der Waals surface area contributed by atoms with E-state index in [1.54, 1.807) is 7.11 Å². The Morgan fingerprint density at radius 2 is 2.13 bits per heavy atom. The number of ether oxygens (including phenoxy) is 2. The summed E-state index contributed by atoms with van der Waals surface area (Å²) >= 11 is 0. The molecule has 0 fully saturated rings. The molecule has 0 aliphatic carbocycles. The first-order valence-corrected chi connectivity index (χ1v) is 4.98. The Kier molecular flexibility index (Phi) is 8.84. The molecule has 4 nitrogen and oxygen atoms in total. The molecule has 0 aliphatic rings. The highest BCUT2D eigenvalue weighted by Gasteiger charge is 1.98. The largest absolute Gasteiger partial charge is 0.382 e. The molecule has 4 heteroatoms. The lowest BCUT2D eigenvalue weighted by molar-refractivity contribution is -0.125. The Hall–Kier alpha value is -1.05. The molecule has 0 aromatic heterocycles. The molecule has 0 unspecified atom stereocenters. The van der Waals surface area contributed by atoms with Gasteiger partial charge in [-0.05, 0) is 0 Å². The van der Waals surface area contributed by atoms with Crippen LogP contribution < -0.4 is 5.32 Å². The van der Waals surface area contributed by atoms with Gasteiger partial charge < -0.3 is 14.8 Å². The van der Waals surface area contributed by atoms with Crippen LogP contribution in [0.15, 0.2) is 0 Å². The second-order valence-electron chi connectivity index (χ2n) is 3.30. The topological polar surface area (TPSA) is 47.6 Å². The molecule has 0 spiro atoms. The van der Waals surface area contributed by atoms with E-state index in [1.165, 1.54) is 0 Å². The Morgan fingerprint density at radius 1 is 1.40 bits per heavy atom. The first-order valence-electron chi connectivity index (χ1n) is 4.98. The van der Waals surface area contributed by atoms with Crippen LogP contribution in [-0.4, -0.2) is 39.4 Å². The van der Waals surface area contributed by atoms with E-state index in [0.29, 0.717) is 25.7 Å². The van der Waals surface area contributed by atoms with Crippen molar-refractivity contribution in [2.45, 2.75) is 13.8 Å². The number of rotatable bonds is 6. The minimum atomic E-state index is -0.149. The van der Waals surface area contributed by atoms with Gasteiger partial charge in [0, 0.05) is 13.0 Å². The maximum absolute atomic E-state index is 11.1. The van der Waals surface area contributed by atoms with E-state index in [0.717, 1.165) is 0 Å². The Bertz CT molecular complexity index is 228. The minimum absolute atomic E-state index is 0.0622. The van der Waals surface area contributed by atoms with Gasteiger partial charge >= 0.3 is 0 Å². The SMILES string of the molecule is COCCOCC(=O)NCC#CC(C)C. The lowest BCUT2D eigenvalue weighted by atomic mass is 10.2. The van der Waals surface area contributed by atoms with E-state index in [9.17, 15) is 4.79 Å². The molecule has 0 aromatic rings. The van der Waals surface area contributed by atoms with Gasteiger partial charge in [-0.1, -0.05) is 25.7 Å². The predicted octanol–water partition coefficient (Wildman–Crippen LogP) is 0.425. The van der Waals surface area contributed by atoms with Crippen molar-refractivity contribution in [3.8, 4) is 11.8 Å². The fraction of sp³-hybridized carbons (Fsp3) is 0.727. The molecule has 0 saturated carbocycles. The smallest absolute Gasteiger partial charge is 0.246 e. The molecule has 0 bridgehead atoms. The molecule has 0 aliphatic heterocycles. The van der Waals surface area contributed by atoms with Crippen molar-refractivity contribution in [2.24, 2.45) is 5.92 Å². The molecule has 15 heavy (non-hydrogen) atoms. The van der Waals surface area contributed by atoms with Crippen LogP contribution in [0.2, 0.25) is 0 Å². The number of carbonyl (C=O) groups excluding carboxylic acids is 1. The van der Waals surface area contributed by atoms with Crippen LogP contribution in [0.3, 0.4) is 0 Å². The van der Waals surface area contributed by atoms with Gasteiger partial charge in [0.05, 0.1) is 19.8 Å². The normalized spacial score (nSPS) is 9.60. The number of methoxy groups -OCH3 is 1. The van der Waals surface area contributed by atoms with Gasteiger partial charge in [-0.3, -0.25) is 4.79 Å². The van der Waals surface area contributed by atoms with Crippen molar-refractivity contribution in [1.29, 1.82) is 0 Å². The monoisotopic (exact) mass is 213 g/mol. The summed E-state index contributed by atoms with van der Waals surface area (Å²) in [6.45, 7) is 5.38. The Balaban J connectivity index is 3.39. The average Bonchev–Trinajstić information content (AvgIpc) is 2.19. The molecule has 1 N–H and O–H groups in total. The molecule has 0 saturated heterocycles. The fourth-order valence-corrected chi connectivity index (χ4v) is 0.756. The quantitative estimate of drug-likeness (QED) is 0.514. The van der Waals surface area contributed by atoms with E-state index >= 15 is 0 Å². The summed E-state index contributed by atoms with van der Waals surface area (Å²) < 4.78 is 9.80. The molecule has 0 rings (SSSR count). The van der Waals surface area contributed by atoms with Gasteiger partial charge in [0.2, 0.25) is 5.91 Å². The van der Waals surface area contributed by atoms with Crippen molar-refractivity contribution in [2.75, 3.05) is 33.5 Å². The third-order valence-corrected chi connectivity index (χ3v) is 1.43. The average molecular weight is 213 g/mol. The number of amides is 1. The first kappa shape index (κ1) is 13.9. The number of nitrogens with one attached hydrogen (secondary N) is 1. The van der Waals surface area contributed by atoms with Gasteiger partial charge in [0.25, 0.3) is 0 Å². The zero-order valence-electron chi connectivity index (χ0n) is 9.63. The van der Waals surface area contributed by atoms with Gasteiger partial charge in [0.1, 0.15) is 6.61 Å². The maximum Gasteiger partial charge on any atom is 0.246 e. The molecular formula is C11H19NO3. The highest BCUT2D eigenvalue weighted by Crippen LogP contribution is 1.84. The van der Waals surface area contributed by atoms with Crippen molar-refractivity contribution in [3.05, 3.63) is 0 Å². The van der Waals surface area contributed by atoms with Crippen LogP contribution >= 0.6 is 0 Å². The molecule has 0 aromatic carbocycles. The summed E-state index contributed by atoms with van der Waals surface area (Å²) in [7, 11) is 1.59. The van der Waals surface area contributed by atoms with Crippen LogP contribution in [0, 0.1) is 17.8 Å². The standard InChI is InChI=1S/C11H19NO3/c1-10(2)5-4-6-12-11(13)9-15-8-7-14-3/h10H,6-9H2,1-3H3,(H,12,13). The van der Waals surface area contributed by atoms with Crippen molar-refractivity contribution >= 4 is 5.91 Å². The van der Waals surface area contributed by atoms with Crippen molar-refractivity contribution < 1.29 is 14.3 Å². The van der Waals surface area contributed by atoms with Gasteiger partial charge in [-0.25, -0.2) is 0 Å². The van der Waals surface area contributed by atoms with E-state index in [1.807, 2.05) is 13.8 Å². The first-order chi connectivity index (χ1) is 7.16. The third kappa shape index (κ3) is 10.9. The number of carbonyl (C=O) groups is 1. The maximum atomic E-state index is 11.1. The molecule has 86 valence electrons. The second-order valence-corrected chi connectivity index (χ2v) is 3.30. The second kappa shape index (κ2) is 9.50. The zero-order chi connectivity index (χ0) is 11.5. The summed E-state index contributed by atoms with van der Waals surface area (Å²) in [4.78, 5) is 11.1. The highest BCUT2D eigenvalue weighted by molar-refractivity contribution is 5.77. The van der Waals surface area contributed by atoms with Crippen LogP contribution in [-0.2, 0) is 14.3 Å². The van der Waals surface area contributed by atoms with Crippen molar-refractivity contribution in [3.63, 3.8) is 0 Å². The van der Waals surface area contributed by atoms with Crippen molar-refractivity contribution in [1.82, 2.24) is 5.32 Å². The minimum Gasteiger partial charge on any atom is -0.382 e. The predicted molar refractivity (Wildman–Crippen MR) is 58.3 cm³/mol. The summed E-state index contributed by atoms with van der Waals surface area (Å²) in [5.41, 5.74) is 0. The van der Waals surface area contributed by atoms with E-state index in [4.69, 9.17) is 9.47 Å². The van der Waals surface area contributed by atoms with Crippen LogP contribution in [0.1, 0.15) is 13.8 Å². The number of hydrogen-bond acceptors (Lipinski definition) is 3. The summed E-state index contributed by atoms with van der Waals surface area (Å²) in [6, 6.07) is 0. The summed E-state index contributed by atoms with van der Waals surface area (Å²) in [6.07, 6.45) is 0. The summed E-state index contributed by atoms with van der Waals surface area (Å²) in [5, 5.41) is 2.64. The third-order valence-electron chi connectivity index (χ3n) is 1.43. The van der Waals surface area contributed by atoms with E-state index in [-0.39, 0.29) is 12.5 Å². The Labute approximate surface area is 91.3 Å². The van der Waals surface area contributed by atoms with Crippen LogP contribution in [0.4, 0.5) is 0 Å². The van der Waals surface area contributed by atoms with Crippen LogP contribution in [0.5, 0.6) is 0 Å². The number of hydrogen-bond donors (Lipinski definition) is 1. The van der Waals surface area contributed by atoms with Gasteiger partial charge in [0.15, 0.2) is 0 Å². The molecule has 1 amide bonds. The molecule has 0 atom stereocenters. The zero-order valence-corrected chi connectivity index (χ0v) is 9.63. The molecule has 0 heterocycles. The fourth-order valence-electron chi connectivity index (χ4n) is 0.756. The Morgan fingerprint density at radius 3 is 2.73 bits per heavy atom. The highest BCUT2D eigenvalue weighted by atomic mass is 16.5. The molecule has 0 radical (unpaired) electrons.